The Morgan fingerprint density at radius 1 is 1.40 bits per heavy atom. The van der Waals surface area contributed by atoms with E-state index in [0.29, 0.717) is 35.9 Å². The van der Waals surface area contributed by atoms with E-state index in [1.54, 1.807) is 37.3 Å². The van der Waals surface area contributed by atoms with Crippen LogP contribution in [0.25, 0.3) is 0 Å². The number of aromatic nitrogens is 2. The fourth-order valence-electron chi connectivity index (χ4n) is 2.01. The van der Waals surface area contributed by atoms with Gasteiger partial charge in [0.1, 0.15) is 4.90 Å². The van der Waals surface area contributed by atoms with E-state index in [1.165, 1.54) is 4.31 Å². The van der Waals surface area contributed by atoms with Gasteiger partial charge in [0.25, 0.3) is 0 Å². The van der Waals surface area contributed by atoms with E-state index in [1.807, 2.05) is 6.26 Å². The second kappa shape index (κ2) is 7.44. The molecule has 0 radical (unpaired) electrons. The van der Waals surface area contributed by atoms with Crippen molar-refractivity contribution in [1.29, 1.82) is 0 Å². The van der Waals surface area contributed by atoms with Crippen molar-refractivity contribution in [1.82, 2.24) is 14.1 Å². The number of nitrogens with zero attached hydrogens (tertiary/aromatic N) is 3. The normalized spacial score (nSPS) is 12.3. The third-order valence-corrected chi connectivity index (χ3v) is 5.87. The lowest BCUT2D eigenvalue weighted by Crippen LogP contribution is -2.30. The number of rotatable bonds is 8. The van der Waals surface area contributed by atoms with Crippen LogP contribution in [-0.2, 0) is 16.6 Å². The molecule has 0 bridgehead atoms. The van der Waals surface area contributed by atoms with Crippen LogP contribution >= 0.6 is 11.8 Å². The lowest BCUT2D eigenvalue weighted by atomic mass is 10.4. The second-order valence-corrected chi connectivity index (χ2v) is 7.65. The van der Waals surface area contributed by atoms with Gasteiger partial charge in [-0.05, 0) is 33.1 Å². The summed E-state index contributed by atoms with van der Waals surface area (Å²) in [6.07, 6.45) is 2.74. The Morgan fingerprint density at radius 3 is 2.60 bits per heavy atom. The predicted molar refractivity (Wildman–Crippen MR) is 83.6 cm³/mol. The highest BCUT2D eigenvalue weighted by molar-refractivity contribution is 7.98. The molecule has 6 nitrogen and oxygen atoms in total. The van der Waals surface area contributed by atoms with Crippen LogP contribution in [0.3, 0.4) is 0 Å². The van der Waals surface area contributed by atoms with Crippen LogP contribution in [0.2, 0.25) is 0 Å². The maximum atomic E-state index is 12.6. The molecule has 0 spiro atoms. The van der Waals surface area contributed by atoms with Crippen molar-refractivity contribution in [2.75, 3.05) is 32.1 Å². The van der Waals surface area contributed by atoms with Crippen LogP contribution in [0.5, 0.6) is 0 Å². The first-order valence-corrected chi connectivity index (χ1v) is 9.39. The molecule has 1 aromatic heterocycles. The molecule has 20 heavy (non-hydrogen) atoms. The quantitative estimate of drug-likeness (QED) is 0.767. The molecule has 0 aromatic carbocycles. The predicted octanol–water partition coefficient (Wildman–Crippen LogP) is 0.832. The highest BCUT2D eigenvalue weighted by Crippen LogP contribution is 2.23. The Bertz CT molecular complexity index is 540. The van der Waals surface area contributed by atoms with Gasteiger partial charge in [0, 0.05) is 25.9 Å². The Hall–Kier alpha value is -0.570. The third kappa shape index (κ3) is 3.75. The molecule has 0 saturated carbocycles. The van der Waals surface area contributed by atoms with Crippen molar-refractivity contribution in [2.45, 2.75) is 31.7 Å². The van der Waals surface area contributed by atoms with Crippen LogP contribution in [0.4, 0.5) is 0 Å². The lowest BCUT2D eigenvalue weighted by Gasteiger charge is -2.16. The smallest absolute Gasteiger partial charge is 0.246 e. The van der Waals surface area contributed by atoms with Crippen LogP contribution in [0.1, 0.15) is 17.8 Å². The molecule has 0 atom stereocenters. The summed E-state index contributed by atoms with van der Waals surface area (Å²) in [5.41, 5.74) is 6.73. The number of nitrogens with two attached hydrogens (primary N) is 1. The summed E-state index contributed by atoms with van der Waals surface area (Å²) in [5, 5.41) is 4.33. The van der Waals surface area contributed by atoms with Crippen molar-refractivity contribution in [3.63, 3.8) is 0 Å². The van der Waals surface area contributed by atoms with Gasteiger partial charge in [0.15, 0.2) is 0 Å². The lowest BCUT2D eigenvalue weighted by molar-refractivity contribution is 0.487. The molecule has 8 heteroatoms. The highest BCUT2D eigenvalue weighted by Gasteiger charge is 2.28. The molecule has 1 rings (SSSR count). The summed E-state index contributed by atoms with van der Waals surface area (Å²) in [5.74, 6) is 0.773. The van der Waals surface area contributed by atoms with E-state index >= 15 is 0 Å². The Morgan fingerprint density at radius 2 is 2.05 bits per heavy atom. The van der Waals surface area contributed by atoms with Gasteiger partial charge < -0.3 is 5.73 Å². The highest BCUT2D eigenvalue weighted by atomic mass is 32.2. The number of sulfonamides is 1. The van der Waals surface area contributed by atoms with Gasteiger partial charge in [-0.25, -0.2) is 8.42 Å². The maximum Gasteiger partial charge on any atom is 0.246 e. The van der Waals surface area contributed by atoms with Gasteiger partial charge >= 0.3 is 0 Å². The van der Waals surface area contributed by atoms with Crippen LogP contribution in [0, 0.1) is 13.8 Å². The van der Waals surface area contributed by atoms with E-state index < -0.39 is 10.0 Å². The monoisotopic (exact) mass is 320 g/mol. The van der Waals surface area contributed by atoms with Crippen molar-refractivity contribution in [3.8, 4) is 0 Å². The van der Waals surface area contributed by atoms with Crippen molar-refractivity contribution in [2.24, 2.45) is 5.73 Å². The fraction of sp³-hybridized carbons (Fsp3) is 0.750. The zero-order valence-electron chi connectivity index (χ0n) is 12.6. The molecule has 116 valence electrons. The number of hydrogen-bond donors (Lipinski definition) is 1. The fourth-order valence-corrected chi connectivity index (χ4v) is 4.12. The maximum absolute atomic E-state index is 12.6. The Labute approximate surface area is 125 Å². The van der Waals surface area contributed by atoms with Crippen LogP contribution in [0.15, 0.2) is 4.90 Å². The summed E-state index contributed by atoms with van der Waals surface area (Å²) >= 11 is 1.63. The topological polar surface area (TPSA) is 81.2 Å². The largest absolute Gasteiger partial charge is 0.330 e. The van der Waals surface area contributed by atoms with E-state index in [9.17, 15) is 8.42 Å². The summed E-state index contributed by atoms with van der Waals surface area (Å²) in [7, 11) is -1.86. The minimum atomic E-state index is -3.47. The molecule has 2 N–H and O–H groups in total. The van der Waals surface area contributed by atoms with E-state index in [4.69, 9.17) is 5.73 Å². The second-order valence-electron chi connectivity index (χ2n) is 4.68. The average molecular weight is 320 g/mol. The molecule has 1 aromatic rings. The summed E-state index contributed by atoms with van der Waals surface area (Å²) < 4.78 is 28.3. The molecule has 0 aliphatic carbocycles. The number of aryl methyl sites for hydroxylation is 2. The SMILES string of the molecule is CSCCN(C)S(=O)(=O)c1c(C)nn(CCCN)c1C. The zero-order valence-corrected chi connectivity index (χ0v) is 14.2. The molecule has 1 heterocycles. The summed E-state index contributed by atoms with van der Waals surface area (Å²) in [6.45, 7) is 5.24. The Balaban J connectivity index is 3.09. The summed E-state index contributed by atoms with van der Waals surface area (Å²) in [4.78, 5) is 0.332. The molecule has 0 aliphatic rings. The minimum Gasteiger partial charge on any atom is -0.330 e. The molecule has 0 amide bonds. The molecule has 0 unspecified atom stereocenters. The molecule has 0 saturated heterocycles. The van der Waals surface area contributed by atoms with Gasteiger partial charge in [0.2, 0.25) is 10.0 Å². The van der Waals surface area contributed by atoms with E-state index in [0.717, 1.165) is 12.2 Å². The van der Waals surface area contributed by atoms with Crippen molar-refractivity contribution >= 4 is 21.8 Å². The molecule has 0 aliphatic heterocycles. The minimum absolute atomic E-state index is 0.332. The number of hydrogen-bond acceptors (Lipinski definition) is 5. The Kier molecular flexibility index (Phi) is 6.50. The molecule has 0 fully saturated rings. The van der Waals surface area contributed by atoms with Gasteiger partial charge in [-0.15, -0.1) is 0 Å². The van der Waals surface area contributed by atoms with Gasteiger partial charge in [-0.1, -0.05) is 0 Å². The van der Waals surface area contributed by atoms with Gasteiger partial charge in [-0.2, -0.15) is 21.2 Å². The van der Waals surface area contributed by atoms with Crippen LogP contribution < -0.4 is 5.73 Å². The molecular weight excluding hydrogens is 296 g/mol. The van der Waals surface area contributed by atoms with Crippen molar-refractivity contribution in [3.05, 3.63) is 11.4 Å². The first-order valence-electron chi connectivity index (χ1n) is 6.55. The zero-order chi connectivity index (χ0) is 15.3. The van der Waals surface area contributed by atoms with E-state index in [-0.39, 0.29) is 0 Å². The van der Waals surface area contributed by atoms with Gasteiger partial charge in [-0.3, -0.25) is 4.68 Å². The summed E-state index contributed by atoms with van der Waals surface area (Å²) in [6, 6.07) is 0. The first-order chi connectivity index (χ1) is 9.36. The third-order valence-electron chi connectivity index (χ3n) is 3.17. The van der Waals surface area contributed by atoms with Gasteiger partial charge in [0.05, 0.1) is 11.4 Å². The van der Waals surface area contributed by atoms with Crippen molar-refractivity contribution < 1.29 is 8.42 Å². The molecular formula is C12H24N4O2S2. The van der Waals surface area contributed by atoms with Crippen LogP contribution in [-0.4, -0.2) is 54.6 Å². The average Bonchev–Trinajstić information content (AvgIpc) is 2.68. The van der Waals surface area contributed by atoms with E-state index in [2.05, 4.69) is 5.10 Å². The first kappa shape index (κ1) is 17.5. The standard InChI is InChI=1S/C12H24N4O2S2/c1-10-12(11(2)16(14-10)7-5-6-13)20(17,18)15(3)8-9-19-4/h5-9,13H2,1-4H3. The number of thioether (sulfide) groups is 1.